The van der Waals surface area contributed by atoms with Crippen molar-refractivity contribution >= 4 is 17.5 Å². The lowest BCUT2D eigenvalue weighted by molar-refractivity contribution is 0.0644. The lowest BCUT2D eigenvalue weighted by atomic mass is 10.0. The number of carbonyl (C=O) groups excluding carboxylic acids is 1. The Morgan fingerprint density at radius 1 is 1.24 bits per heavy atom. The molecule has 2 aliphatic rings. The van der Waals surface area contributed by atoms with Crippen molar-refractivity contribution in [3.63, 3.8) is 0 Å². The van der Waals surface area contributed by atoms with Gasteiger partial charge < -0.3 is 9.80 Å². The van der Waals surface area contributed by atoms with Crippen LogP contribution in [0.1, 0.15) is 36.0 Å². The zero-order valence-corrected chi connectivity index (χ0v) is 12.7. The quantitative estimate of drug-likeness (QED) is 0.788. The van der Waals surface area contributed by atoms with Crippen LogP contribution in [0.2, 0.25) is 5.15 Å². The first-order valence-corrected chi connectivity index (χ1v) is 7.87. The molecule has 0 radical (unpaired) electrons. The molecule has 2 saturated heterocycles. The number of aromatic nitrogens is 1. The van der Waals surface area contributed by atoms with E-state index in [4.69, 9.17) is 11.6 Å². The van der Waals surface area contributed by atoms with Gasteiger partial charge in [-0.15, -0.1) is 0 Å². The number of amides is 1. The fourth-order valence-corrected chi connectivity index (χ4v) is 3.47. The number of halogens is 2. The molecule has 1 aromatic heterocycles. The van der Waals surface area contributed by atoms with E-state index in [1.54, 1.807) is 4.90 Å². The Kier molecular flexibility index (Phi) is 4.40. The van der Waals surface area contributed by atoms with Crippen molar-refractivity contribution in [3.8, 4) is 0 Å². The highest BCUT2D eigenvalue weighted by Crippen LogP contribution is 2.23. The van der Waals surface area contributed by atoms with E-state index >= 15 is 0 Å². The van der Waals surface area contributed by atoms with Crippen molar-refractivity contribution in [2.45, 2.75) is 31.7 Å². The molecule has 0 aromatic carbocycles. The maximum atomic E-state index is 13.2. The molecule has 3 rings (SSSR count). The summed E-state index contributed by atoms with van der Waals surface area (Å²) in [6.45, 7) is 3.76. The fraction of sp³-hybridized carbons (Fsp3) is 0.600. The average molecular weight is 312 g/mol. The van der Waals surface area contributed by atoms with Crippen LogP contribution in [0.4, 0.5) is 4.39 Å². The number of nitrogens with zero attached hydrogens (tertiary/aromatic N) is 3. The summed E-state index contributed by atoms with van der Waals surface area (Å²) >= 11 is 5.91. The van der Waals surface area contributed by atoms with Crippen LogP contribution in [-0.2, 0) is 0 Å². The molecule has 0 saturated carbocycles. The van der Waals surface area contributed by atoms with Gasteiger partial charge in [0.1, 0.15) is 11.0 Å². The summed E-state index contributed by atoms with van der Waals surface area (Å²) in [5.74, 6) is -0.749. The van der Waals surface area contributed by atoms with Gasteiger partial charge in [0.05, 0.1) is 11.8 Å². The summed E-state index contributed by atoms with van der Waals surface area (Å²) in [7, 11) is 0. The van der Waals surface area contributed by atoms with Gasteiger partial charge in [-0.1, -0.05) is 11.6 Å². The van der Waals surface area contributed by atoms with Crippen molar-refractivity contribution < 1.29 is 9.18 Å². The maximum Gasteiger partial charge on any atom is 0.257 e. The third-order valence-electron chi connectivity index (χ3n) is 4.44. The van der Waals surface area contributed by atoms with Crippen LogP contribution in [0.15, 0.2) is 12.3 Å². The number of rotatable bonds is 2. The lowest BCUT2D eigenvalue weighted by Gasteiger charge is -2.36. The molecule has 0 aliphatic carbocycles. The first-order chi connectivity index (χ1) is 10.1. The van der Waals surface area contributed by atoms with Crippen LogP contribution < -0.4 is 0 Å². The molecule has 6 heteroatoms. The summed E-state index contributed by atoms with van der Waals surface area (Å²) in [6.07, 6.45) is 5.55. The molecule has 3 heterocycles. The molecule has 4 nitrogen and oxygen atoms in total. The zero-order chi connectivity index (χ0) is 14.8. The monoisotopic (exact) mass is 311 g/mol. The molecule has 1 aromatic rings. The minimum atomic E-state index is -0.533. The van der Waals surface area contributed by atoms with Crippen LogP contribution in [0.25, 0.3) is 0 Å². The third-order valence-corrected chi connectivity index (χ3v) is 4.75. The van der Waals surface area contributed by atoms with Crippen LogP contribution in [-0.4, -0.2) is 52.9 Å². The van der Waals surface area contributed by atoms with Crippen LogP contribution in [0, 0.1) is 5.82 Å². The Labute approximate surface area is 128 Å². The van der Waals surface area contributed by atoms with Gasteiger partial charge in [0, 0.05) is 19.1 Å². The molecule has 2 fully saturated rings. The predicted molar refractivity (Wildman–Crippen MR) is 78.9 cm³/mol. The fourth-order valence-electron chi connectivity index (χ4n) is 3.28. The van der Waals surface area contributed by atoms with Gasteiger partial charge in [0.15, 0.2) is 0 Å². The second-order valence-corrected chi connectivity index (χ2v) is 6.12. The Morgan fingerprint density at radius 3 is 2.57 bits per heavy atom. The smallest absolute Gasteiger partial charge is 0.257 e. The summed E-state index contributed by atoms with van der Waals surface area (Å²) < 4.78 is 13.2. The average Bonchev–Trinajstić information content (AvgIpc) is 3.03. The van der Waals surface area contributed by atoms with E-state index in [0.29, 0.717) is 19.1 Å². The van der Waals surface area contributed by atoms with Gasteiger partial charge in [-0.3, -0.25) is 4.79 Å². The number of likely N-dealkylation sites (tertiary alicyclic amines) is 2. The van der Waals surface area contributed by atoms with Crippen LogP contribution >= 0.6 is 11.6 Å². The first kappa shape index (κ1) is 14.7. The largest absolute Gasteiger partial charge is 0.338 e. The van der Waals surface area contributed by atoms with E-state index in [2.05, 4.69) is 9.88 Å². The Balaban J connectivity index is 1.63. The second-order valence-electron chi connectivity index (χ2n) is 5.76. The molecule has 0 unspecified atom stereocenters. The normalized spacial score (nSPS) is 21.0. The molecule has 0 N–H and O–H groups in total. The zero-order valence-electron chi connectivity index (χ0n) is 11.9. The van der Waals surface area contributed by atoms with Gasteiger partial charge in [-0.2, -0.15) is 0 Å². The summed E-state index contributed by atoms with van der Waals surface area (Å²) in [4.78, 5) is 20.4. The van der Waals surface area contributed by atoms with Crippen molar-refractivity contribution in [2.24, 2.45) is 0 Å². The third kappa shape index (κ3) is 3.19. The number of hydrogen-bond acceptors (Lipinski definition) is 3. The predicted octanol–water partition coefficient (Wildman–Crippen LogP) is 2.57. The summed E-state index contributed by atoms with van der Waals surface area (Å²) in [6, 6.07) is 1.75. The lowest BCUT2D eigenvalue weighted by Crippen LogP contribution is -2.46. The topological polar surface area (TPSA) is 36.4 Å². The maximum absolute atomic E-state index is 13.2. The number of hydrogen-bond donors (Lipinski definition) is 0. The van der Waals surface area contributed by atoms with E-state index in [1.165, 1.54) is 32.0 Å². The minimum Gasteiger partial charge on any atom is -0.338 e. The Hall–Kier alpha value is -1.20. The molecule has 0 bridgehead atoms. The van der Waals surface area contributed by atoms with Crippen molar-refractivity contribution in [1.29, 1.82) is 0 Å². The molecular weight excluding hydrogens is 293 g/mol. The number of pyridine rings is 1. The molecular formula is C15H19ClFN3O. The van der Waals surface area contributed by atoms with E-state index in [0.717, 1.165) is 19.0 Å². The van der Waals surface area contributed by atoms with E-state index < -0.39 is 5.82 Å². The van der Waals surface area contributed by atoms with Gasteiger partial charge in [-0.05, 0) is 44.8 Å². The van der Waals surface area contributed by atoms with Crippen molar-refractivity contribution in [2.75, 3.05) is 26.2 Å². The Bertz CT molecular complexity index is 526. The molecule has 114 valence electrons. The van der Waals surface area contributed by atoms with Crippen molar-refractivity contribution in [3.05, 3.63) is 28.8 Å². The van der Waals surface area contributed by atoms with Gasteiger partial charge in [-0.25, -0.2) is 9.37 Å². The standard InChI is InChI=1S/C15H19ClFN3O/c16-14-13(9-11(17)10-18-14)15(21)20-7-3-12(4-8-20)19-5-1-2-6-19/h9-10,12H,1-8H2. The number of piperidine rings is 1. The molecule has 2 aliphatic heterocycles. The highest BCUT2D eigenvalue weighted by atomic mass is 35.5. The van der Waals surface area contributed by atoms with E-state index in [-0.39, 0.29) is 16.6 Å². The number of carbonyl (C=O) groups is 1. The highest BCUT2D eigenvalue weighted by Gasteiger charge is 2.29. The second kappa shape index (κ2) is 6.28. The van der Waals surface area contributed by atoms with Gasteiger partial charge in [0.2, 0.25) is 0 Å². The van der Waals surface area contributed by atoms with Crippen LogP contribution in [0.3, 0.4) is 0 Å². The summed E-state index contributed by atoms with van der Waals surface area (Å²) in [5, 5.41) is 0.0723. The minimum absolute atomic E-state index is 0.0723. The molecule has 0 spiro atoms. The van der Waals surface area contributed by atoms with Gasteiger partial charge in [0.25, 0.3) is 5.91 Å². The Morgan fingerprint density at radius 2 is 1.90 bits per heavy atom. The van der Waals surface area contributed by atoms with E-state index in [1.807, 2.05) is 0 Å². The summed E-state index contributed by atoms with van der Waals surface area (Å²) in [5.41, 5.74) is 0.163. The molecule has 0 atom stereocenters. The van der Waals surface area contributed by atoms with Gasteiger partial charge >= 0.3 is 0 Å². The highest BCUT2D eigenvalue weighted by molar-refractivity contribution is 6.32. The molecule has 1 amide bonds. The molecule has 21 heavy (non-hydrogen) atoms. The first-order valence-electron chi connectivity index (χ1n) is 7.49. The SMILES string of the molecule is O=C(c1cc(F)cnc1Cl)N1CCC(N2CCCC2)CC1. The van der Waals surface area contributed by atoms with Crippen LogP contribution in [0.5, 0.6) is 0 Å². The van der Waals surface area contributed by atoms with E-state index in [9.17, 15) is 9.18 Å². The van der Waals surface area contributed by atoms with Crippen molar-refractivity contribution in [1.82, 2.24) is 14.8 Å².